The second kappa shape index (κ2) is 7.59. The number of nitrogens with zero attached hydrogens (tertiary/aromatic N) is 1. The Morgan fingerprint density at radius 3 is 2.33 bits per heavy atom. The van der Waals surface area contributed by atoms with E-state index >= 15 is 0 Å². The molecule has 0 fully saturated rings. The standard InChI is InChI=1S/C18H22N2O3S/c1-20(2)13-17(14-8-5-4-6-9-14)19-18(21)15-10-7-11-16(12-15)24(3,22)23/h4-12,17H,13H2,1-3H3,(H,19,21). The Hall–Kier alpha value is -2.18. The number of rotatable bonds is 6. The SMILES string of the molecule is CN(C)CC(NC(=O)c1cccc(S(C)(=O)=O)c1)c1ccccc1. The van der Waals surface area contributed by atoms with E-state index in [1.54, 1.807) is 12.1 Å². The minimum atomic E-state index is -3.35. The summed E-state index contributed by atoms with van der Waals surface area (Å²) in [4.78, 5) is 14.7. The summed E-state index contributed by atoms with van der Waals surface area (Å²) in [5, 5.41) is 2.98. The van der Waals surface area contributed by atoms with E-state index in [4.69, 9.17) is 0 Å². The fraction of sp³-hybridized carbons (Fsp3) is 0.278. The third-order valence-corrected chi connectivity index (χ3v) is 4.69. The van der Waals surface area contributed by atoms with Gasteiger partial charge in [0.25, 0.3) is 5.91 Å². The third-order valence-electron chi connectivity index (χ3n) is 3.58. The molecule has 0 radical (unpaired) electrons. The van der Waals surface area contributed by atoms with Crippen LogP contribution in [0.1, 0.15) is 22.0 Å². The Labute approximate surface area is 143 Å². The van der Waals surface area contributed by atoms with Crippen LogP contribution in [0.2, 0.25) is 0 Å². The van der Waals surface area contributed by atoms with E-state index < -0.39 is 9.84 Å². The van der Waals surface area contributed by atoms with Gasteiger partial charge >= 0.3 is 0 Å². The molecule has 0 aliphatic carbocycles. The van der Waals surface area contributed by atoms with Crippen molar-refractivity contribution in [3.05, 3.63) is 65.7 Å². The van der Waals surface area contributed by atoms with E-state index in [1.165, 1.54) is 12.1 Å². The Morgan fingerprint density at radius 2 is 1.75 bits per heavy atom. The molecular formula is C18H22N2O3S. The van der Waals surface area contributed by atoms with Crippen LogP contribution in [0.5, 0.6) is 0 Å². The molecule has 2 aromatic rings. The predicted octanol–water partition coefficient (Wildman–Crippen LogP) is 2.12. The highest BCUT2D eigenvalue weighted by Gasteiger charge is 2.18. The molecule has 0 heterocycles. The van der Waals surface area contributed by atoms with Gasteiger partial charge in [-0.3, -0.25) is 4.79 Å². The number of nitrogens with one attached hydrogen (secondary N) is 1. The fourth-order valence-corrected chi connectivity index (χ4v) is 3.06. The van der Waals surface area contributed by atoms with Gasteiger partial charge in [0.1, 0.15) is 0 Å². The van der Waals surface area contributed by atoms with Gasteiger partial charge in [-0.05, 0) is 37.9 Å². The molecule has 24 heavy (non-hydrogen) atoms. The normalized spacial score (nSPS) is 12.8. The lowest BCUT2D eigenvalue weighted by atomic mass is 10.1. The van der Waals surface area contributed by atoms with Crippen molar-refractivity contribution in [1.29, 1.82) is 0 Å². The largest absolute Gasteiger partial charge is 0.344 e. The van der Waals surface area contributed by atoms with Crippen LogP contribution < -0.4 is 5.32 Å². The van der Waals surface area contributed by atoms with Crippen molar-refractivity contribution in [3.63, 3.8) is 0 Å². The lowest BCUT2D eigenvalue weighted by Gasteiger charge is -2.23. The second-order valence-electron chi connectivity index (χ2n) is 6.00. The summed E-state index contributed by atoms with van der Waals surface area (Å²) < 4.78 is 23.3. The van der Waals surface area contributed by atoms with Crippen LogP contribution in [0, 0.1) is 0 Å². The molecule has 1 unspecified atom stereocenters. The van der Waals surface area contributed by atoms with E-state index in [2.05, 4.69) is 5.32 Å². The van der Waals surface area contributed by atoms with Crippen molar-refractivity contribution in [2.24, 2.45) is 0 Å². The van der Waals surface area contributed by atoms with Gasteiger partial charge < -0.3 is 10.2 Å². The number of hydrogen-bond donors (Lipinski definition) is 1. The number of benzene rings is 2. The minimum absolute atomic E-state index is 0.138. The smallest absolute Gasteiger partial charge is 0.251 e. The molecule has 0 aromatic heterocycles. The number of sulfone groups is 1. The molecule has 6 heteroatoms. The summed E-state index contributed by atoms with van der Waals surface area (Å²) in [6.45, 7) is 0.640. The van der Waals surface area contributed by atoms with Gasteiger partial charge in [-0.1, -0.05) is 36.4 Å². The Morgan fingerprint density at radius 1 is 1.08 bits per heavy atom. The maximum atomic E-state index is 12.6. The van der Waals surface area contributed by atoms with Crippen LogP contribution in [0.15, 0.2) is 59.5 Å². The number of carbonyl (C=O) groups excluding carboxylic acids is 1. The van der Waals surface area contributed by atoms with Crippen LogP contribution >= 0.6 is 0 Å². The zero-order valence-electron chi connectivity index (χ0n) is 14.1. The highest BCUT2D eigenvalue weighted by Crippen LogP contribution is 2.16. The van der Waals surface area contributed by atoms with Crippen molar-refractivity contribution in [1.82, 2.24) is 10.2 Å². The van der Waals surface area contributed by atoms with Gasteiger partial charge in [0, 0.05) is 18.4 Å². The molecule has 0 aliphatic rings. The fourth-order valence-electron chi connectivity index (χ4n) is 2.39. The van der Waals surface area contributed by atoms with Gasteiger partial charge in [-0.15, -0.1) is 0 Å². The molecular weight excluding hydrogens is 324 g/mol. The third kappa shape index (κ3) is 4.91. The summed E-state index contributed by atoms with van der Waals surface area (Å²) in [7, 11) is 0.527. The van der Waals surface area contributed by atoms with Gasteiger partial charge in [0.2, 0.25) is 0 Å². The molecule has 5 nitrogen and oxygen atoms in total. The van der Waals surface area contributed by atoms with Crippen LogP contribution in [0.3, 0.4) is 0 Å². The van der Waals surface area contributed by atoms with E-state index in [0.717, 1.165) is 11.8 Å². The first-order valence-corrected chi connectivity index (χ1v) is 9.47. The first-order valence-electron chi connectivity index (χ1n) is 7.58. The molecule has 0 saturated heterocycles. The maximum absolute atomic E-state index is 12.6. The van der Waals surface area contributed by atoms with Gasteiger partial charge in [0.05, 0.1) is 10.9 Å². The molecule has 0 spiro atoms. The summed E-state index contributed by atoms with van der Waals surface area (Å²) in [6, 6.07) is 15.6. The van der Waals surface area contributed by atoms with Crippen LogP contribution in [0.4, 0.5) is 0 Å². The summed E-state index contributed by atoms with van der Waals surface area (Å²) >= 11 is 0. The average molecular weight is 346 g/mol. The summed E-state index contributed by atoms with van der Waals surface area (Å²) in [5.74, 6) is -0.295. The van der Waals surface area contributed by atoms with Crippen molar-refractivity contribution in [2.75, 3.05) is 26.9 Å². The quantitative estimate of drug-likeness (QED) is 0.870. The number of amides is 1. The molecule has 1 atom stereocenters. The van der Waals surface area contributed by atoms with E-state index in [0.29, 0.717) is 12.1 Å². The van der Waals surface area contributed by atoms with Gasteiger partial charge in [-0.2, -0.15) is 0 Å². The van der Waals surface area contributed by atoms with E-state index in [-0.39, 0.29) is 16.8 Å². The molecule has 128 valence electrons. The Balaban J connectivity index is 2.25. The second-order valence-corrected chi connectivity index (χ2v) is 8.01. The van der Waals surface area contributed by atoms with Crippen molar-refractivity contribution in [3.8, 4) is 0 Å². The first-order chi connectivity index (χ1) is 11.3. The maximum Gasteiger partial charge on any atom is 0.251 e. The predicted molar refractivity (Wildman–Crippen MR) is 94.8 cm³/mol. The van der Waals surface area contributed by atoms with Crippen LogP contribution in [0.25, 0.3) is 0 Å². The van der Waals surface area contributed by atoms with Crippen molar-refractivity contribution >= 4 is 15.7 Å². The van der Waals surface area contributed by atoms with Gasteiger partial charge in [-0.25, -0.2) is 8.42 Å². The molecule has 0 saturated carbocycles. The molecule has 2 aromatic carbocycles. The number of likely N-dealkylation sites (N-methyl/N-ethyl adjacent to an activating group) is 1. The Kier molecular flexibility index (Phi) is 5.75. The van der Waals surface area contributed by atoms with E-state index in [9.17, 15) is 13.2 Å². The zero-order valence-corrected chi connectivity index (χ0v) is 14.9. The summed E-state index contributed by atoms with van der Waals surface area (Å²) in [6.07, 6.45) is 1.13. The van der Waals surface area contributed by atoms with Crippen LogP contribution in [-0.2, 0) is 9.84 Å². The monoisotopic (exact) mass is 346 g/mol. The molecule has 0 aliphatic heterocycles. The number of carbonyl (C=O) groups is 1. The summed E-state index contributed by atoms with van der Waals surface area (Å²) in [5.41, 5.74) is 1.33. The zero-order chi connectivity index (χ0) is 17.7. The topological polar surface area (TPSA) is 66.5 Å². The number of hydrogen-bond acceptors (Lipinski definition) is 4. The minimum Gasteiger partial charge on any atom is -0.344 e. The van der Waals surface area contributed by atoms with Crippen LogP contribution in [-0.4, -0.2) is 46.1 Å². The average Bonchev–Trinajstić information content (AvgIpc) is 2.54. The molecule has 1 amide bonds. The highest BCUT2D eigenvalue weighted by molar-refractivity contribution is 7.90. The lowest BCUT2D eigenvalue weighted by molar-refractivity contribution is 0.0929. The van der Waals surface area contributed by atoms with Crippen molar-refractivity contribution in [2.45, 2.75) is 10.9 Å². The van der Waals surface area contributed by atoms with Crippen molar-refractivity contribution < 1.29 is 13.2 Å². The molecule has 1 N–H and O–H groups in total. The lowest BCUT2D eigenvalue weighted by Crippen LogP contribution is -2.35. The van der Waals surface area contributed by atoms with E-state index in [1.807, 2.05) is 49.3 Å². The Bertz CT molecular complexity index is 802. The highest BCUT2D eigenvalue weighted by atomic mass is 32.2. The molecule has 0 bridgehead atoms. The first kappa shape index (κ1) is 18.2. The molecule has 2 rings (SSSR count). The van der Waals surface area contributed by atoms with Gasteiger partial charge in [0.15, 0.2) is 9.84 Å².